The predicted molar refractivity (Wildman–Crippen MR) is 100 cm³/mol. The van der Waals surface area contributed by atoms with E-state index >= 15 is 0 Å². The van der Waals surface area contributed by atoms with Crippen molar-refractivity contribution in [3.8, 4) is 0 Å². The largest absolute Gasteiger partial charge is 0.444 e. The van der Waals surface area contributed by atoms with E-state index in [1.165, 1.54) is 11.3 Å². The van der Waals surface area contributed by atoms with Gasteiger partial charge in [-0.3, -0.25) is 4.79 Å². The van der Waals surface area contributed by atoms with Gasteiger partial charge in [0.15, 0.2) is 0 Å². The van der Waals surface area contributed by atoms with E-state index in [4.69, 9.17) is 16.2 Å². The lowest BCUT2D eigenvalue weighted by atomic mass is 10.2. The minimum absolute atomic E-state index is 0.139. The summed E-state index contributed by atoms with van der Waals surface area (Å²) in [6, 6.07) is 0. The number of primary amides is 1. The summed E-state index contributed by atoms with van der Waals surface area (Å²) in [6.07, 6.45) is -0.335. The van der Waals surface area contributed by atoms with Gasteiger partial charge in [-0.1, -0.05) is 0 Å². The summed E-state index contributed by atoms with van der Waals surface area (Å²) in [6.45, 7) is 7.56. The number of fused-ring (bicyclic) bond motifs is 1. The quantitative estimate of drug-likeness (QED) is 0.809. The van der Waals surface area contributed by atoms with Crippen molar-refractivity contribution in [2.75, 3.05) is 36.8 Å². The van der Waals surface area contributed by atoms with Gasteiger partial charge in [0.2, 0.25) is 11.9 Å². The maximum atomic E-state index is 12.2. The maximum absolute atomic E-state index is 12.2. The van der Waals surface area contributed by atoms with E-state index in [-0.39, 0.29) is 12.0 Å². The normalized spacial score (nSPS) is 15.3. The van der Waals surface area contributed by atoms with Gasteiger partial charge < -0.3 is 26.0 Å². The molecule has 1 saturated heterocycles. The van der Waals surface area contributed by atoms with Crippen molar-refractivity contribution in [2.45, 2.75) is 26.4 Å². The van der Waals surface area contributed by atoms with Crippen LogP contribution in [0.15, 0.2) is 5.38 Å². The van der Waals surface area contributed by atoms with Gasteiger partial charge in [-0.2, -0.15) is 4.98 Å². The van der Waals surface area contributed by atoms with Gasteiger partial charge in [0, 0.05) is 31.6 Å². The zero-order valence-electron chi connectivity index (χ0n) is 15.0. The number of nitrogens with zero attached hydrogens (tertiary/aromatic N) is 4. The molecule has 140 valence electrons. The van der Waals surface area contributed by atoms with Gasteiger partial charge >= 0.3 is 6.09 Å². The number of carbonyl (C=O) groups excluding carboxylic acids is 2. The molecule has 3 heterocycles. The second kappa shape index (κ2) is 6.60. The summed E-state index contributed by atoms with van der Waals surface area (Å²) in [5.74, 6) is 0.185. The average molecular weight is 378 g/mol. The van der Waals surface area contributed by atoms with E-state index in [0.29, 0.717) is 47.8 Å². The molecule has 2 aromatic rings. The Kier molecular flexibility index (Phi) is 4.61. The van der Waals surface area contributed by atoms with Crippen LogP contribution in [0.25, 0.3) is 10.2 Å². The molecule has 4 N–H and O–H groups in total. The number of amides is 2. The molecule has 1 fully saturated rings. The Balaban J connectivity index is 1.82. The van der Waals surface area contributed by atoms with Crippen molar-refractivity contribution < 1.29 is 14.3 Å². The molecule has 2 amide bonds. The van der Waals surface area contributed by atoms with E-state index in [0.717, 1.165) is 0 Å². The van der Waals surface area contributed by atoms with Gasteiger partial charge in [-0.15, -0.1) is 11.3 Å². The Bertz CT molecular complexity index is 852. The summed E-state index contributed by atoms with van der Waals surface area (Å²) in [5.41, 5.74) is 11.1. The minimum atomic E-state index is -0.533. The number of nitrogens with two attached hydrogens (primary N) is 2. The van der Waals surface area contributed by atoms with E-state index in [9.17, 15) is 9.59 Å². The van der Waals surface area contributed by atoms with Gasteiger partial charge in [0.25, 0.3) is 0 Å². The molecule has 2 aromatic heterocycles. The first-order valence-electron chi connectivity index (χ1n) is 8.23. The summed E-state index contributed by atoms with van der Waals surface area (Å²) in [7, 11) is 0. The van der Waals surface area contributed by atoms with Crippen LogP contribution in [0.5, 0.6) is 0 Å². The fourth-order valence-corrected chi connectivity index (χ4v) is 3.71. The van der Waals surface area contributed by atoms with E-state index in [1.54, 1.807) is 10.3 Å². The molecule has 0 aromatic carbocycles. The van der Waals surface area contributed by atoms with Crippen LogP contribution < -0.4 is 16.4 Å². The van der Waals surface area contributed by atoms with Gasteiger partial charge in [0.1, 0.15) is 16.2 Å². The fraction of sp³-hybridized carbons (Fsp3) is 0.500. The maximum Gasteiger partial charge on any atom is 0.410 e. The Hall–Kier alpha value is -2.62. The van der Waals surface area contributed by atoms with Crippen molar-refractivity contribution in [3.05, 3.63) is 10.9 Å². The van der Waals surface area contributed by atoms with Crippen LogP contribution in [0, 0.1) is 0 Å². The number of anilines is 2. The van der Waals surface area contributed by atoms with Crippen molar-refractivity contribution in [2.24, 2.45) is 5.73 Å². The highest BCUT2D eigenvalue weighted by atomic mass is 32.1. The molecule has 10 heteroatoms. The molecule has 0 spiro atoms. The zero-order valence-corrected chi connectivity index (χ0v) is 15.8. The van der Waals surface area contributed by atoms with Crippen LogP contribution >= 0.6 is 11.3 Å². The molecule has 9 nitrogen and oxygen atoms in total. The lowest BCUT2D eigenvalue weighted by Crippen LogP contribution is -2.50. The number of thiophene rings is 1. The highest BCUT2D eigenvalue weighted by Gasteiger charge is 2.28. The van der Waals surface area contributed by atoms with Crippen molar-refractivity contribution in [1.29, 1.82) is 0 Å². The number of hydrogen-bond acceptors (Lipinski definition) is 8. The smallest absolute Gasteiger partial charge is 0.410 e. The topological polar surface area (TPSA) is 128 Å². The molecular weight excluding hydrogens is 356 g/mol. The minimum Gasteiger partial charge on any atom is -0.444 e. The molecule has 1 aliphatic rings. The van der Waals surface area contributed by atoms with Crippen LogP contribution in [0.4, 0.5) is 16.6 Å². The summed E-state index contributed by atoms with van der Waals surface area (Å²) in [4.78, 5) is 36.7. The van der Waals surface area contributed by atoms with Gasteiger partial charge in [-0.05, 0) is 20.8 Å². The third kappa shape index (κ3) is 3.64. The second-order valence-corrected chi connectivity index (χ2v) is 7.91. The molecule has 0 atom stereocenters. The lowest BCUT2D eigenvalue weighted by Gasteiger charge is -2.36. The van der Waals surface area contributed by atoms with Crippen molar-refractivity contribution in [3.63, 3.8) is 0 Å². The number of piperazine rings is 1. The summed E-state index contributed by atoms with van der Waals surface area (Å²) in [5, 5.41) is 2.28. The Morgan fingerprint density at radius 3 is 2.42 bits per heavy atom. The Morgan fingerprint density at radius 1 is 1.19 bits per heavy atom. The highest BCUT2D eigenvalue weighted by Crippen LogP contribution is 2.33. The molecule has 0 saturated carbocycles. The standard InChI is InChI=1S/C16H22N6O3S/c1-16(2,3)25-15(24)22-6-4-21(5-7-22)12-10-9(11(17)23)8-26-13(10)20-14(18)19-12/h8H,4-7H2,1-3H3,(H2,17,23)(H2,18,19,20). The first-order valence-corrected chi connectivity index (χ1v) is 9.11. The fourth-order valence-electron chi connectivity index (χ4n) is 2.78. The lowest BCUT2D eigenvalue weighted by molar-refractivity contribution is 0.0240. The van der Waals surface area contributed by atoms with E-state index in [2.05, 4.69) is 9.97 Å². The van der Waals surface area contributed by atoms with Crippen LogP contribution in [0.1, 0.15) is 31.1 Å². The highest BCUT2D eigenvalue weighted by molar-refractivity contribution is 7.17. The van der Waals surface area contributed by atoms with Gasteiger partial charge in [0.05, 0.1) is 10.9 Å². The third-order valence-corrected chi connectivity index (χ3v) is 4.80. The number of hydrogen-bond donors (Lipinski definition) is 2. The number of nitrogen functional groups attached to an aromatic ring is 1. The zero-order chi connectivity index (χ0) is 19.1. The molecule has 3 rings (SSSR count). The molecule has 0 unspecified atom stereocenters. The molecule has 0 radical (unpaired) electrons. The van der Waals surface area contributed by atoms with Crippen LogP contribution in [0.3, 0.4) is 0 Å². The molecule has 26 heavy (non-hydrogen) atoms. The first-order chi connectivity index (χ1) is 12.2. The monoisotopic (exact) mass is 378 g/mol. The van der Waals surface area contributed by atoms with E-state index in [1.807, 2.05) is 25.7 Å². The molecule has 0 bridgehead atoms. The van der Waals surface area contributed by atoms with Crippen LogP contribution in [-0.4, -0.2) is 58.6 Å². The van der Waals surface area contributed by atoms with Gasteiger partial charge in [-0.25, -0.2) is 9.78 Å². The third-order valence-electron chi connectivity index (χ3n) is 3.93. The predicted octanol–water partition coefficient (Wildman–Crippen LogP) is 1.43. The Labute approximate surface area is 154 Å². The molecule has 1 aliphatic heterocycles. The molecule has 0 aliphatic carbocycles. The van der Waals surface area contributed by atoms with Crippen molar-refractivity contribution in [1.82, 2.24) is 14.9 Å². The number of aromatic nitrogens is 2. The summed E-state index contributed by atoms with van der Waals surface area (Å²) < 4.78 is 5.41. The SMILES string of the molecule is CC(C)(C)OC(=O)N1CCN(c2nc(N)nc3scc(C(N)=O)c23)CC1. The first kappa shape index (κ1) is 18.2. The number of carbonyl (C=O) groups is 2. The number of ether oxygens (including phenoxy) is 1. The Morgan fingerprint density at radius 2 is 1.85 bits per heavy atom. The second-order valence-electron chi connectivity index (χ2n) is 7.05. The number of rotatable bonds is 2. The van der Waals surface area contributed by atoms with Crippen molar-refractivity contribution >= 4 is 45.3 Å². The average Bonchev–Trinajstić information content (AvgIpc) is 2.96. The molecular formula is C16H22N6O3S. The van der Waals surface area contributed by atoms with Crippen LogP contribution in [0.2, 0.25) is 0 Å². The van der Waals surface area contributed by atoms with E-state index < -0.39 is 11.5 Å². The summed E-state index contributed by atoms with van der Waals surface area (Å²) >= 11 is 1.30. The van der Waals surface area contributed by atoms with Crippen LogP contribution in [-0.2, 0) is 4.74 Å².